The summed E-state index contributed by atoms with van der Waals surface area (Å²) in [5.41, 5.74) is 6.14. The fourth-order valence-corrected chi connectivity index (χ4v) is 0.305. The molecule has 0 amide bonds. The van der Waals surface area contributed by atoms with Gasteiger partial charge in [-0.15, -0.1) is 0 Å². The Morgan fingerprint density at radius 2 is 2.50 bits per heavy atom. The Labute approximate surface area is 50.1 Å². The van der Waals surface area contributed by atoms with Gasteiger partial charge in [-0.1, -0.05) is 6.58 Å². The number of hydrogen-bond acceptors (Lipinski definition) is 2. The van der Waals surface area contributed by atoms with Crippen LogP contribution in [-0.2, 0) is 0 Å². The molecule has 0 fully saturated rings. The van der Waals surface area contributed by atoms with Crippen molar-refractivity contribution in [3.63, 3.8) is 0 Å². The summed E-state index contributed by atoms with van der Waals surface area (Å²) in [5, 5.41) is 0. The van der Waals surface area contributed by atoms with Crippen molar-refractivity contribution >= 4 is 5.71 Å². The minimum atomic E-state index is 0.616. The highest BCUT2D eigenvalue weighted by Crippen LogP contribution is 1.75. The van der Waals surface area contributed by atoms with E-state index >= 15 is 0 Å². The molecule has 46 valence electrons. The van der Waals surface area contributed by atoms with Crippen LogP contribution in [0.15, 0.2) is 17.6 Å². The summed E-state index contributed by atoms with van der Waals surface area (Å²) in [5.74, 6) is 0. The fourth-order valence-electron chi connectivity index (χ4n) is 0.305. The second-order valence-corrected chi connectivity index (χ2v) is 1.52. The van der Waals surface area contributed by atoms with Crippen LogP contribution in [0.2, 0.25) is 0 Å². The minimum absolute atomic E-state index is 0.616. The lowest BCUT2D eigenvalue weighted by Gasteiger charge is -1.87. The standard InChI is InChI=1S/C6H12N2/c1-3-6(2)8-5-4-7/h3H,1,4-5,7H2,2H3. The highest BCUT2D eigenvalue weighted by molar-refractivity contribution is 5.92. The van der Waals surface area contributed by atoms with E-state index in [1.165, 1.54) is 0 Å². The second-order valence-electron chi connectivity index (χ2n) is 1.52. The van der Waals surface area contributed by atoms with Gasteiger partial charge in [0.25, 0.3) is 0 Å². The quantitative estimate of drug-likeness (QED) is 0.533. The first-order chi connectivity index (χ1) is 3.81. The van der Waals surface area contributed by atoms with Gasteiger partial charge in [-0.05, 0) is 13.0 Å². The molecule has 0 saturated carbocycles. The zero-order valence-corrected chi connectivity index (χ0v) is 5.22. The summed E-state index contributed by atoms with van der Waals surface area (Å²) in [4.78, 5) is 4.03. The van der Waals surface area contributed by atoms with E-state index in [-0.39, 0.29) is 0 Å². The molecule has 0 atom stereocenters. The molecule has 0 radical (unpaired) electrons. The van der Waals surface area contributed by atoms with Crippen molar-refractivity contribution < 1.29 is 0 Å². The molecule has 8 heavy (non-hydrogen) atoms. The molecule has 0 spiro atoms. The lowest BCUT2D eigenvalue weighted by Crippen LogP contribution is -2.03. The van der Waals surface area contributed by atoms with Gasteiger partial charge in [0, 0.05) is 12.3 Å². The molecule has 0 unspecified atom stereocenters. The number of nitrogens with zero attached hydrogens (tertiary/aromatic N) is 1. The Balaban J connectivity index is 3.40. The molecule has 2 nitrogen and oxygen atoms in total. The molecule has 2 heteroatoms. The number of rotatable bonds is 3. The van der Waals surface area contributed by atoms with E-state index in [0.717, 1.165) is 5.71 Å². The summed E-state index contributed by atoms with van der Waals surface area (Å²) in [6, 6.07) is 0. The Bertz CT molecular complexity index is 94.7. The van der Waals surface area contributed by atoms with Gasteiger partial charge in [0.1, 0.15) is 0 Å². The van der Waals surface area contributed by atoms with Gasteiger partial charge in [0.15, 0.2) is 0 Å². The molecule has 0 aromatic heterocycles. The average molecular weight is 112 g/mol. The van der Waals surface area contributed by atoms with E-state index in [4.69, 9.17) is 5.73 Å². The third-order valence-corrected chi connectivity index (χ3v) is 0.786. The highest BCUT2D eigenvalue weighted by atomic mass is 14.8. The van der Waals surface area contributed by atoms with Gasteiger partial charge in [0.2, 0.25) is 0 Å². The van der Waals surface area contributed by atoms with Crippen molar-refractivity contribution in [2.45, 2.75) is 6.92 Å². The molecular weight excluding hydrogens is 100 g/mol. The maximum Gasteiger partial charge on any atom is 0.0515 e. The van der Waals surface area contributed by atoms with E-state index in [1.807, 2.05) is 6.92 Å². The molecule has 0 aliphatic heterocycles. The SMILES string of the molecule is C=CC(C)=NCCN. The Morgan fingerprint density at radius 3 is 2.88 bits per heavy atom. The van der Waals surface area contributed by atoms with Gasteiger partial charge >= 0.3 is 0 Å². The predicted octanol–water partition coefficient (Wildman–Crippen LogP) is 0.592. The van der Waals surface area contributed by atoms with Gasteiger partial charge in [0.05, 0.1) is 6.54 Å². The van der Waals surface area contributed by atoms with Crippen LogP contribution in [0.25, 0.3) is 0 Å². The summed E-state index contributed by atoms with van der Waals surface area (Å²) >= 11 is 0. The third kappa shape index (κ3) is 3.56. The first kappa shape index (κ1) is 7.37. The van der Waals surface area contributed by atoms with Crippen molar-refractivity contribution in [1.82, 2.24) is 0 Å². The Morgan fingerprint density at radius 1 is 1.88 bits per heavy atom. The highest BCUT2D eigenvalue weighted by Gasteiger charge is 1.76. The first-order valence-electron chi connectivity index (χ1n) is 2.65. The summed E-state index contributed by atoms with van der Waals surface area (Å²) in [6.45, 7) is 6.77. The molecule has 0 heterocycles. The number of nitrogens with two attached hydrogens (primary N) is 1. The van der Waals surface area contributed by atoms with Crippen LogP contribution >= 0.6 is 0 Å². The molecule has 0 aliphatic rings. The third-order valence-electron chi connectivity index (χ3n) is 0.786. The first-order valence-corrected chi connectivity index (χ1v) is 2.65. The number of hydrogen-bond donors (Lipinski definition) is 1. The average Bonchev–Trinajstić information content (AvgIpc) is 1.83. The zero-order valence-electron chi connectivity index (χ0n) is 5.22. The van der Waals surface area contributed by atoms with Gasteiger partial charge in [-0.3, -0.25) is 4.99 Å². The monoisotopic (exact) mass is 112 g/mol. The Hall–Kier alpha value is -0.630. The zero-order chi connectivity index (χ0) is 6.41. The van der Waals surface area contributed by atoms with Crippen LogP contribution in [0.3, 0.4) is 0 Å². The predicted molar refractivity (Wildman–Crippen MR) is 37.2 cm³/mol. The maximum absolute atomic E-state index is 5.19. The second kappa shape index (κ2) is 4.53. The van der Waals surface area contributed by atoms with Crippen molar-refractivity contribution in [3.8, 4) is 0 Å². The molecule has 0 aromatic rings. The minimum Gasteiger partial charge on any atom is -0.329 e. The van der Waals surface area contributed by atoms with Crippen LogP contribution < -0.4 is 5.73 Å². The van der Waals surface area contributed by atoms with E-state index in [0.29, 0.717) is 13.1 Å². The lowest BCUT2D eigenvalue weighted by atomic mass is 10.4. The summed E-state index contributed by atoms with van der Waals surface area (Å²) in [6.07, 6.45) is 1.72. The fraction of sp³-hybridized carbons (Fsp3) is 0.500. The topological polar surface area (TPSA) is 38.4 Å². The molecule has 2 N–H and O–H groups in total. The summed E-state index contributed by atoms with van der Waals surface area (Å²) in [7, 11) is 0. The van der Waals surface area contributed by atoms with Crippen molar-refractivity contribution in [2.24, 2.45) is 10.7 Å². The van der Waals surface area contributed by atoms with E-state index in [1.54, 1.807) is 6.08 Å². The summed E-state index contributed by atoms with van der Waals surface area (Å²) < 4.78 is 0. The molecular formula is C6H12N2. The van der Waals surface area contributed by atoms with Gasteiger partial charge in [-0.25, -0.2) is 0 Å². The van der Waals surface area contributed by atoms with Gasteiger partial charge < -0.3 is 5.73 Å². The van der Waals surface area contributed by atoms with Crippen LogP contribution in [-0.4, -0.2) is 18.8 Å². The largest absolute Gasteiger partial charge is 0.329 e. The molecule has 0 saturated heterocycles. The lowest BCUT2D eigenvalue weighted by molar-refractivity contribution is 0.976. The normalized spacial score (nSPS) is 11.5. The molecule has 0 rings (SSSR count). The number of allylic oxidation sites excluding steroid dienone is 1. The van der Waals surface area contributed by atoms with Crippen LogP contribution in [0, 0.1) is 0 Å². The number of aliphatic imine (C=N–C) groups is 1. The van der Waals surface area contributed by atoms with Crippen LogP contribution in [0.4, 0.5) is 0 Å². The smallest absolute Gasteiger partial charge is 0.0515 e. The van der Waals surface area contributed by atoms with E-state index in [9.17, 15) is 0 Å². The van der Waals surface area contributed by atoms with E-state index < -0.39 is 0 Å². The maximum atomic E-state index is 5.19. The van der Waals surface area contributed by atoms with Gasteiger partial charge in [-0.2, -0.15) is 0 Å². The molecule has 0 aliphatic carbocycles. The Kier molecular flexibility index (Phi) is 4.17. The van der Waals surface area contributed by atoms with Crippen LogP contribution in [0.1, 0.15) is 6.92 Å². The van der Waals surface area contributed by atoms with Crippen molar-refractivity contribution in [1.29, 1.82) is 0 Å². The van der Waals surface area contributed by atoms with Crippen molar-refractivity contribution in [3.05, 3.63) is 12.7 Å². The molecule has 0 bridgehead atoms. The molecule has 0 aromatic carbocycles. The van der Waals surface area contributed by atoms with Crippen molar-refractivity contribution in [2.75, 3.05) is 13.1 Å². The van der Waals surface area contributed by atoms with E-state index in [2.05, 4.69) is 11.6 Å². The van der Waals surface area contributed by atoms with Crippen LogP contribution in [0.5, 0.6) is 0 Å².